The highest BCUT2D eigenvalue weighted by atomic mass is 32.2. The molecule has 0 bridgehead atoms. The van der Waals surface area contributed by atoms with Gasteiger partial charge in [-0.1, -0.05) is 0 Å². The van der Waals surface area contributed by atoms with Crippen LogP contribution in [0.3, 0.4) is 0 Å². The quantitative estimate of drug-likeness (QED) is 0.633. The van der Waals surface area contributed by atoms with E-state index in [1.807, 2.05) is 0 Å². The predicted octanol–water partition coefficient (Wildman–Crippen LogP) is -0.866. The summed E-state index contributed by atoms with van der Waals surface area (Å²) in [5.74, 6) is 0. The van der Waals surface area contributed by atoms with Gasteiger partial charge in [0.2, 0.25) is 0 Å². The van der Waals surface area contributed by atoms with Crippen molar-refractivity contribution >= 4 is 10.2 Å². The topological polar surface area (TPSA) is 61.4 Å². The van der Waals surface area contributed by atoms with Crippen LogP contribution < -0.4 is 10.0 Å². The lowest BCUT2D eigenvalue weighted by Crippen LogP contribution is -2.48. The molecule has 0 aromatic rings. The summed E-state index contributed by atoms with van der Waals surface area (Å²) < 4.78 is 26.6. The highest BCUT2D eigenvalue weighted by molar-refractivity contribution is 7.87. The Hall–Kier alpha value is -0.170. The van der Waals surface area contributed by atoms with Crippen molar-refractivity contribution in [3.63, 3.8) is 0 Å². The van der Waals surface area contributed by atoms with E-state index in [1.165, 1.54) is 18.4 Å². The number of hydrogen-bond acceptors (Lipinski definition) is 3. The first-order chi connectivity index (χ1) is 6.02. The first-order valence-electron chi connectivity index (χ1n) is 4.43. The highest BCUT2D eigenvalue weighted by Gasteiger charge is 2.20. The van der Waals surface area contributed by atoms with E-state index >= 15 is 0 Å². The Balaban J connectivity index is 2.47. The van der Waals surface area contributed by atoms with Crippen LogP contribution in [-0.2, 0) is 10.2 Å². The van der Waals surface area contributed by atoms with E-state index < -0.39 is 10.2 Å². The molecule has 0 aromatic carbocycles. The Morgan fingerprint density at radius 2 is 2.15 bits per heavy atom. The largest absolute Gasteiger partial charge is 0.315 e. The molecule has 0 amide bonds. The van der Waals surface area contributed by atoms with Gasteiger partial charge in [0, 0.05) is 26.7 Å². The monoisotopic (exact) mass is 207 g/mol. The Morgan fingerprint density at radius 1 is 1.46 bits per heavy atom. The van der Waals surface area contributed by atoms with Gasteiger partial charge in [-0.15, -0.1) is 0 Å². The molecule has 5 nitrogen and oxygen atoms in total. The average Bonchev–Trinajstić information content (AvgIpc) is 2.05. The van der Waals surface area contributed by atoms with Gasteiger partial charge < -0.3 is 5.32 Å². The van der Waals surface area contributed by atoms with Crippen LogP contribution in [0.15, 0.2) is 0 Å². The molecule has 0 aliphatic carbocycles. The minimum Gasteiger partial charge on any atom is -0.315 e. The predicted molar refractivity (Wildman–Crippen MR) is 51.6 cm³/mol. The van der Waals surface area contributed by atoms with Crippen LogP contribution in [0.25, 0.3) is 0 Å². The Labute approximate surface area is 79.7 Å². The summed E-state index contributed by atoms with van der Waals surface area (Å²) in [6, 6.07) is 0.0427. The fourth-order valence-corrected chi connectivity index (χ4v) is 2.10. The van der Waals surface area contributed by atoms with Gasteiger partial charge in [0.1, 0.15) is 0 Å². The molecule has 13 heavy (non-hydrogen) atoms. The normalized spacial score (nSPS) is 25.0. The van der Waals surface area contributed by atoms with Gasteiger partial charge in [0.15, 0.2) is 0 Å². The molecule has 0 radical (unpaired) electrons. The van der Waals surface area contributed by atoms with Gasteiger partial charge in [-0.05, 0) is 19.4 Å². The molecule has 1 aliphatic heterocycles. The van der Waals surface area contributed by atoms with Gasteiger partial charge in [-0.3, -0.25) is 0 Å². The van der Waals surface area contributed by atoms with Crippen molar-refractivity contribution in [2.75, 3.05) is 27.2 Å². The summed E-state index contributed by atoms with van der Waals surface area (Å²) >= 11 is 0. The van der Waals surface area contributed by atoms with Crippen molar-refractivity contribution in [2.45, 2.75) is 18.9 Å². The fourth-order valence-electron chi connectivity index (χ4n) is 1.27. The van der Waals surface area contributed by atoms with E-state index in [2.05, 4.69) is 10.0 Å². The van der Waals surface area contributed by atoms with E-state index in [-0.39, 0.29) is 6.04 Å². The first-order valence-corrected chi connectivity index (χ1v) is 5.87. The van der Waals surface area contributed by atoms with E-state index in [0.717, 1.165) is 25.9 Å². The second-order valence-electron chi connectivity index (χ2n) is 3.45. The Kier molecular flexibility index (Phi) is 3.66. The van der Waals surface area contributed by atoms with Gasteiger partial charge in [0.05, 0.1) is 0 Å². The number of nitrogens with one attached hydrogen (secondary N) is 2. The average molecular weight is 207 g/mol. The van der Waals surface area contributed by atoms with Crippen molar-refractivity contribution in [3.8, 4) is 0 Å². The third kappa shape index (κ3) is 3.22. The summed E-state index contributed by atoms with van der Waals surface area (Å²) in [4.78, 5) is 0. The lowest BCUT2D eigenvalue weighted by atomic mass is 10.1. The van der Waals surface area contributed by atoms with Gasteiger partial charge >= 0.3 is 0 Å². The zero-order valence-electron chi connectivity index (χ0n) is 8.08. The van der Waals surface area contributed by atoms with Crippen LogP contribution in [0.1, 0.15) is 12.8 Å². The lowest BCUT2D eigenvalue weighted by Gasteiger charge is -2.25. The van der Waals surface area contributed by atoms with E-state index in [4.69, 9.17) is 0 Å². The highest BCUT2D eigenvalue weighted by Crippen LogP contribution is 2.03. The molecule has 1 heterocycles. The molecule has 1 saturated heterocycles. The molecule has 78 valence electrons. The SMILES string of the molecule is CN(C)S(=O)(=O)N[C@H]1CCCNC1. The number of nitrogens with zero attached hydrogens (tertiary/aromatic N) is 1. The molecule has 0 spiro atoms. The minimum absolute atomic E-state index is 0.0427. The standard InChI is InChI=1S/C7H17N3O2S/c1-10(2)13(11,12)9-7-4-3-5-8-6-7/h7-9H,3-6H2,1-2H3/t7-/m0/s1. The summed E-state index contributed by atoms with van der Waals surface area (Å²) in [5.41, 5.74) is 0. The van der Waals surface area contributed by atoms with Crippen molar-refractivity contribution in [3.05, 3.63) is 0 Å². The van der Waals surface area contributed by atoms with Crippen molar-refractivity contribution in [1.82, 2.24) is 14.3 Å². The van der Waals surface area contributed by atoms with Gasteiger partial charge in [-0.25, -0.2) is 0 Å². The lowest BCUT2D eigenvalue weighted by molar-refractivity contribution is 0.414. The van der Waals surface area contributed by atoms with Crippen LogP contribution >= 0.6 is 0 Å². The maximum absolute atomic E-state index is 11.4. The molecule has 1 rings (SSSR count). The third-order valence-corrected chi connectivity index (χ3v) is 3.69. The first kappa shape index (κ1) is 10.9. The summed E-state index contributed by atoms with van der Waals surface area (Å²) in [6.07, 6.45) is 1.95. The molecule has 0 aromatic heterocycles. The van der Waals surface area contributed by atoms with Crippen LogP contribution in [0.5, 0.6) is 0 Å². The molecule has 1 atom stereocenters. The fraction of sp³-hybridized carbons (Fsp3) is 1.00. The maximum atomic E-state index is 11.4. The van der Waals surface area contributed by atoms with Crippen molar-refractivity contribution in [2.24, 2.45) is 0 Å². The molecule has 1 fully saturated rings. The third-order valence-electron chi connectivity index (χ3n) is 2.09. The molecule has 6 heteroatoms. The van der Waals surface area contributed by atoms with Gasteiger partial charge in [-0.2, -0.15) is 17.4 Å². The number of rotatable bonds is 3. The smallest absolute Gasteiger partial charge is 0.279 e. The van der Waals surface area contributed by atoms with Crippen LogP contribution in [0, 0.1) is 0 Å². The molecular formula is C7H17N3O2S. The molecular weight excluding hydrogens is 190 g/mol. The minimum atomic E-state index is -3.25. The van der Waals surface area contributed by atoms with Gasteiger partial charge in [0.25, 0.3) is 10.2 Å². The molecule has 0 saturated carbocycles. The second-order valence-corrected chi connectivity index (χ2v) is 5.36. The van der Waals surface area contributed by atoms with E-state index in [0.29, 0.717) is 0 Å². The summed E-state index contributed by atoms with van der Waals surface area (Å²) in [5, 5.41) is 3.15. The van der Waals surface area contributed by atoms with Crippen molar-refractivity contribution < 1.29 is 8.42 Å². The molecule has 2 N–H and O–H groups in total. The van der Waals surface area contributed by atoms with E-state index in [9.17, 15) is 8.42 Å². The Bertz CT molecular complexity index is 244. The van der Waals surface area contributed by atoms with Crippen LogP contribution in [0.2, 0.25) is 0 Å². The van der Waals surface area contributed by atoms with Crippen LogP contribution in [-0.4, -0.2) is 45.9 Å². The Morgan fingerprint density at radius 3 is 2.62 bits per heavy atom. The summed E-state index contributed by atoms with van der Waals surface area (Å²) in [7, 11) is -0.202. The van der Waals surface area contributed by atoms with Crippen molar-refractivity contribution in [1.29, 1.82) is 0 Å². The van der Waals surface area contributed by atoms with Crippen LogP contribution in [0.4, 0.5) is 0 Å². The van der Waals surface area contributed by atoms with E-state index in [1.54, 1.807) is 0 Å². The maximum Gasteiger partial charge on any atom is 0.279 e. The number of hydrogen-bond donors (Lipinski definition) is 2. The second kappa shape index (κ2) is 4.36. The summed E-state index contributed by atoms with van der Waals surface area (Å²) in [6.45, 7) is 1.72. The zero-order chi connectivity index (χ0) is 9.90. The molecule has 0 unspecified atom stereocenters. The zero-order valence-corrected chi connectivity index (χ0v) is 8.89. The molecule has 1 aliphatic rings. The number of piperidine rings is 1.